The minimum absolute atomic E-state index is 0.0725. The van der Waals surface area contributed by atoms with Gasteiger partial charge in [-0.05, 0) is 25.2 Å². The average molecular weight is 475 g/mol. The Bertz CT molecular complexity index is 728. The van der Waals surface area contributed by atoms with Crippen LogP contribution in [0.5, 0.6) is 0 Å². The summed E-state index contributed by atoms with van der Waals surface area (Å²) < 4.78 is 0. The maximum absolute atomic E-state index is 12.8. The molecular weight excluding hydrogens is 442 g/mol. The number of nitrogens with one attached hydrogen (secondary N) is 3. The molecule has 0 spiro atoms. The molecule has 188 valence electrons. The van der Waals surface area contributed by atoms with Crippen LogP contribution in [0, 0.1) is 5.92 Å². The van der Waals surface area contributed by atoms with Crippen molar-refractivity contribution in [2.45, 2.75) is 70.1 Å². The first kappa shape index (κ1) is 29.7. The van der Waals surface area contributed by atoms with E-state index in [1.54, 1.807) is 13.8 Å². The van der Waals surface area contributed by atoms with Gasteiger partial charge >= 0.3 is 11.9 Å². The van der Waals surface area contributed by atoms with Gasteiger partial charge in [0.15, 0.2) is 0 Å². The third kappa shape index (κ3) is 12.4. The molecular formula is C19H33N5O9. The SMILES string of the molecule is CC(C)CC(NC(=O)C(N)CO)C(=O)NC(CCC(N)=O)C(=O)NC(CCC(=O)O)C(=O)O. The second kappa shape index (κ2) is 14.7. The molecule has 0 bridgehead atoms. The van der Waals surface area contributed by atoms with Crippen LogP contribution in [0.4, 0.5) is 0 Å². The zero-order valence-electron chi connectivity index (χ0n) is 18.6. The number of carboxylic acid groups (broad SMARTS) is 2. The summed E-state index contributed by atoms with van der Waals surface area (Å²) >= 11 is 0. The van der Waals surface area contributed by atoms with Crippen molar-refractivity contribution in [2.24, 2.45) is 17.4 Å². The first-order valence-electron chi connectivity index (χ1n) is 10.3. The minimum atomic E-state index is -1.55. The minimum Gasteiger partial charge on any atom is -0.481 e. The topological polar surface area (TPSA) is 251 Å². The van der Waals surface area contributed by atoms with Gasteiger partial charge in [-0.25, -0.2) is 4.79 Å². The van der Waals surface area contributed by atoms with Gasteiger partial charge in [-0.15, -0.1) is 0 Å². The highest BCUT2D eigenvalue weighted by Crippen LogP contribution is 2.08. The van der Waals surface area contributed by atoms with Gasteiger partial charge in [-0.1, -0.05) is 13.8 Å². The highest BCUT2D eigenvalue weighted by atomic mass is 16.4. The molecule has 0 saturated carbocycles. The van der Waals surface area contributed by atoms with E-state index in [1.807, 2.05) is 0 Å². The molecule has 0 aromatic rings. The number of amides is 4. The van der Waals surface area contributed by atoms with Crippen molar-refractivity contribution in [3.63, 3.8) is 0 Å². The second-order valence-electron chi connectivity index (χ2n) is 7.88. The lowest BCUT2D eigenvalue weighted by molar-refractivity contribution is -0.143. The second-order valence-corrected chi connectivity index (χ2v) is 7.88. The van der Waals surface area contributed by atoms with Gasteiger partial charge in [-0.2, -0.15) is 0 Å². The summed E-state index contributed by atoms with van der Waals surface area (Å²) in [5.74, 6) is -6.15. The predicted octanol–water partition coefficient (Wildman–Crippen LogP) is -2.98. The van der Waals surface area contributed by atoms with Crippen molar-refractivity contribution in [1.82, 2.24) is 16.0 Å². The number of hydrogen-bond donors (Lipinski definition) is 8. The summed E-state index contributed by atoms with van der Waals surface area (Å²) in [6, 6.07) is -5.35. The maximum Gasteiger partial charge on any atom is 0.326 e. The lowest BCUT2D eigenvalue weighted by atomic mass is 10.0. The molecule has 0 aliphatic rings. The standard InChI is InChI=1S/C19H33N5O9/c1-9(2)7-13(24-16(29)10(20)8-25)18(31)22-11(3-5-14(21)26)17(30)23-12(19(32)33)4-6-15(27)28/h9-13,25H,3-8,20H2,1-2H3,(H2,21,26)(H,22,31)(H,23,30)(H,24,29)(H,27,28)(H,32,33). The number of primary amides is 1. The fourth-order valence-electron chi connectivity index (χ4n) is 2.69. The number of aliphatic hydroxyl groups excluding tert-OH is 1. The molecule has 4 unspecified atom stereocenters. The fraction of sp³-hybridized carbons (Fsp3) is 0.684. The van der Waals surface area contributed by atoms with Gasteiger partial charge in [0, 0.05) is 12.8 Å². The van der Waals surface area contributed by atoms with E-state index in [0.29, 0.717) is 0 Å². The monoisotopic (exact) mass is 475 g/mol. The van der Waals surface area contributed by atoms with Gasteiger partial charge in [0.2, 0.25) is 23.6 Å². The molecule has 0 radical (unpaired) electrons. The third-order valence-corrected chi connectivity index (χ3v) is 4.45. The molecule has 33 heavy (non-hydrogen) atoms. The Morgan fingerprint density at radius 1 is 0.788 bits per heavy atom. The van der Waals surface area contributed by atoms with Crippen molar-refractivity contribution >= 4 is 35.6 Å². The van der Waals surface area contributed by atoms with Crippen LogP contribution in [0.15, 0.2) is 0 Å². The first-order chi connectivity index (χ1) is 15.3. The highest BCUT2D eigenvalue weighted by Gasteiger charge is 2.31. The van der Waals surface area contributed by atoms with E-state index in [0.717, 1.165) is 0 Å². The molecule has 0 aliphatic heterocycles. The lowest BCUT2D eigenvalue weighted by Gasteiger charge is -2.25. The van der Waals surface area contributed by atoms with Crippen LogP contribution < -0.4 is 27.4 Å². The Labute approximate surface area is 190 Å². The number of aliphatic carboxylic acids is 2. The normalized spacial score (nSPS) is 14.5. The number of rotatable bonds is 16. The first-order valence-corrected chi connectivity index (χ1v) is 10.3. The van der Waals surface area contributed by atoms with Crippen LogP contribution in [-0.4, -0.2) is 81.7 Å². The van der Waals surface area contributed by atoms with Gasteiger partial charge < -0.3 is 42.7 Å². The number of hydrogen-bond acceptors (Lipinski definition) is 8. The van der Waals surface area contributed by atoms with Crippen molar-refractivity contribution in [2.75, 3.05) is 6.61 Å². The van der Waals surface area contributed by atoms with Gasteiger partial charge in [0.05, 0.1) is 6.61 Å². The molecule has 14 nitrogen and oxygen atoms in total. The van der Waals surface area contributed by atoms with Crippen molar-refractivity contribution in [3.05, 3.63) is 0 Å². The van der Waals surface area contributed by atoms with E-state index in [-0.39, 0.29) is 25.2 Å². The quantitative estimate of drug-likeness (QED) is 0.112. The Hall–Kier alpha value is -3.26. The van der Waals surface area contributed by atoms with E-state index in [2.05, 4.69) is 16.0 Å². The highest BCUT2D eigenvalue weighted by molar-refractivity contribution is 5.94. The van der Waals surface area contributed by atoms with Crippen LogP contribution in [0.3, 0.4) is 0 Å². The van der Waals surface area contributed by atoms with Gasteiger partial charge in [-0.3, -0.25) is 24.0 Å². The van der Waals surface area contributed by atoms with Crippen molar-refractivity contribution < 1.29 is 44.1 Å². The van der Waals surface area contributed by atoms with Crippen molar-refractivity contribution in [1.29, 1.82) is 0 Å². The maximum atomic E-state index is 12.8. The number of carbonyl (C=O) groups excluding carboxylic acids is 4. The molecule has 0 saturated heterocycles. The summed E-state index contributed by atoms with van der Waals surface area (Å²) in [6.45, 7) is 2.89. The van der Waals surface area contributed by atoms with Crippen LogP contribution in [-0.2, 0) is 28.8 Å². The molecule has 10 N–H and O–H groups in total. The molecule has 14 heteroatoms. The Morgan fingerprint density at radius 3 is 1.73 bits per heavy atom. The Balaban J connectivity index is 5.54. The molecule has 4 amide bonds. The zero-order valence-corrected chi connectivity index (χ0v) is 18.6. The van der Waals surface area contributed by atoms with Crippen LogP contribution >= 0.6 is 0 Å². The molecule has 0 aromatic carbocycles. The lowest BCUT2D eigenvalue weighted by Crippen LogP contribution is -2.57. The molecule has 0 rings (SSSR count). The molecule has 4 atom stereocenters. The van der Waals surface area contributed by atoms with E-state index in [9.17, 15) is 33.9 Å². The van der Waals surface area contributed by atoms with Gasteiger partial charge in [0.1, 0.15) is 24.2 Å². The molecule has 0 aromatic heterocycles. The van der Waals surface area contributed by atoms with E-state index in [1.165, 1.54) is 0 Å². The summed E-state index contributed by atoms with van der Waals surface area (Å²) in [6.07, 6.45) is -1.37. The smallest absolute Gasteiger partial charge is 0.326 e. The third-order valence-electron chi connectivity index (χ3n) is 4.45. The number of carboxylic acids is 2. The average Bonchev–Trinajstić information content (AvgIpc) is 2.71. The number of aliphatic hydroxyl groups is 1. The van der Waals surface area contributed by atoms with E-state index < -0.39 is 79.2 Å². The van der Waals surface area contributed by atoms with Gasteiger partial charge in [0.25, 0.3) is 0 Å². The summed E-state index contributed by atoms with van der Waals surface area (Å²) in [5, 5.41) is 33.9. The Kier molecular flexibility index (Phi) is 13.3. The van der Waals surface area contributed by atoms with Crippen LogP contribution in [0.1, 0.15) is 46.0 Å². The molecule has 0 aliphatic carbocycles. The number of nitrogens with two attached hydrogens (primary N) is 2. The van der Waals surface area contributed by atoms with E-state index >= 15 is 0 Å². The summed E-state index contributed by atoms with van der Waals surface area (Å²) in [5.41, 5.74) is 10.6. The van der Waals surface area contributed by atoms with Crippen LogP contribution in [0.25, 0.3) is 0 Å². The Morgan fingerprint density at radius 2 is 1.27 bits per heavy atom. The summed E-state index contributed by atoms with van der Waals surface area (Å²) in [4.78, 5) is 70.7. The molecule has 0 fully saturated rings. The fourth-order valence-corrected chi connectivity index (χ4v) is 2.69. The van der Waals surface area contributed by atoms with Crippen molar-refractivity contribution in [3.8, 4) is 0 Å². The largest absolute Gasteiger partial charge is 0.481 e. The summed E-state index contributed by atoms with van der Waals surface area (Å²) in [7, 11) is 0. The molecule has 0 heterocycles. The number of carbonyl (C=O) groups is 6. The zero-order chi connectivity index (χ0) is 25.7. The predicted molar refractivity (Wildman–Crippen MR) is 113 cm³/mol. The van der Waals surface area contributed by atoms with Crippen LogP contribution in [0.2, 0.25) is 0 Å². The van der Waals surface area contributed by atoms with E-state index in [4.69, 9.17) is 21.7 Å².